The SMILES string of the molecule is O=C(Nc1ccc2c(c1)OCO2)c1cc(NCc2ccccn2)ccn1. The van der Waals surface area contributed by atoms with Crippen molar-refractivity contribution >= 4 is 17.3 Å². The van der Waals surface area contributed by atoms with Crippen LogP contribution in [0, 0.1) is 0 Å². The number of fused-ring (bicyclic) bond motifs is 1. The fourth-order valence-corrected chi connectivity index (χ4v) is 2.53. The lowest BCUT2D eigenvalue weighted by Crippen LogP contribution is -2.14. The Morgan fingerprint density at radius 2 is 1.88 bits per heavy atom. The molecule has 7 heteroatoms. The number of carbonyl (C=O) groups is 1. The number of carbonyl (C=O) groups excluding carboxylic acids is 1. The smallest absolute Gasteiger partial charge is 0.274 e. The predicted octanol–water partition coefficient (Wildman–Crippen LogP) is 3.07. The van der Waals surface area contributed by atoms with E-state index in [2.05, 4.69) is 20.6 Å². The summed E-state index contributed by atoms with van der Waals surface area (Å²) < 4.78 is 10.6. The van der Waals surface area contributed by atoms with Gasteiger partial charge in [-0.15, -0.1) is 0 Å². The summed E-state index contributed by atoms with van der Waals surface area (Å²) >= 11 is 0. The van der Waals surface area contributed by atoms with Gasteiger partial charge in [0.25, 0.3) is 5.91 Å². The number of aromatic nitrogens is 2. The zero-order chi connectivity index (χ0) is 17.8. The molecule has 0 fully saturated rings. The first kappa shape index (κ1) is 15.9. The number of pyridine rings is 2. The highest BCUT2D eigenvalue weighted by molar-refractivity contribution is 6.03. The van der Waals surface area contributed by atoms with Crippen LogP contribution in [0.2, 0.25) is 0 Å². The molecule has 0 unspecified atom stereocenters. The van der Waals surface area contributed by atoms with Crippen LogP contribution in [0.3, 0.4) is 0 Å². The fraction of sp³-hybridized carbons (Fsp3) is 0.105. The molecule has 1 amide bonds. The summed E-state index contributed by atoms with van der Waals surface area (Å²) in [5.41, 5.74) is 2.64. The van der Waals surface area contributed by atoms with Crippen molar-refractivity contribution in [1.29, 1.82) is 0 Å². The molecular formula is C19H16N4O3. The third-order valence-corrected chi connectivity index (χ3v) is 3.82. The molecule has 1 aliphatic heterocycles. The van der Waals surface area contributed by atoms with Crippen LogP contribution in [0.15, 0.2) is 60.9 Å². The van der Waals surface area contributed by atoms with Crippen molar-refractivity contribution in [2.45, 2.75) is 6.54 Å². The van der Waals surface area contributed by atoms with Crippen molar-refractivity contribution in [2.24, 2.45) is 0 Å². The summed E-state index contributed by atoms with van der Waals surface area (Å²) in [6, 6.07) is 14.5. The van der Waals surface area contributed by atoms with E-state index in [1.54, 1.807) is 42.7 Å². The molecule has 0 atom stereocenters. The summed E-state index contributed by atoms with van der Waals surface area (Å²) in [5, 5.41) is 6.05. The molecule has 0 saturated heterocycles. The molecule has 4 rings (SSSR count). The van der Waals surface area contributed by atoms with Gasteiger partial charge in [0.15, 0.2) is 11.5 Å². The van der Waals surface area contributed by atoms with Crippen LogP contribution in [0.4, 0.5) is 11.4 Å². The van der Waals surface area contributed by atoms with Gasteiger partial charge in [0, 0.05) is 29.8 Å². The Morgan fingerprint density at radius 3 is 2.77 bits per heavy atom. The molecule has 130 valence electrons. The minimum Gasteiger partial charge on any atom is -0.454 e. The van der Waals surface area contributed by atoms with Crippen molar-refractivity contribution in [3.63, 3.8) is 0 Å². The van der Waals surface area contributed by atoms with Crippen molar-refractivity contribution < 1.29 is 14.3 Å². The van der Waals surface area contributed by atoms with Crippen molar-refractivity contribution in [2.75, 3.05) is 17.4 Å². The summed E-state index contributed by atoms with van der Waals surface area (Å²) in [5.74, 6) is 0.980. The summed E-state index contributed by atoms with van der Waals surface area (Å²) in [7, 11) is 0. The number of nitrogens with one attached hydrogen (secondary N) is 2. The van der Waals surface area contributed by atoms with Crippen LogP contribution in [-0.4, -0.2) is 22.7 Å². The third-order valence-electron chi connectivity index (χ3n) is 3.82. The van der Waals surface area contributed by atoms with Crippen LogP contribution < -0.4 is 20.1 Å². The van der Waals surface area contributed by atoms with Crippen LogP contribution >= 0.6 is 0 Å². The van der Waals surface area contributed by atoms with Gasteiger partial charge < -0.3 is 20.1 Å². The Morgan fingerprint density at radius 1 is 0.962 bits per heavy atom. The van der Waals surface area contributed by atoms with Gasteiger partial charge in [-0.1, -0.05) is 6.07 Å². The monoisotopic (exact) mass is 348 g/mol. The van der Waals surface area contributed by atoms with Gasteiger partial charge in [0.1, 0.15) is 5.69 Å². The minimum absolute atomic E-state index is 0.193. The molecule has 0 aliphatic carbocycles. The molecule has 0 spiro atoms. The van der Waals surface area contributed by atoms with Gasteiger partial charge in [-0.3, -0.25) is 14.8 Å². The molecule has 0 bridgehead atoms. The molecule has 26 heavy (non-hydrogen) atoms. The number of nitrogens with zero attached hydrogens (tertiary/aromatic N) is 2. The zero-order valence-electron chi connectivity index (χ0n) is 13.8. The predicted molar refractivity (Wildman–Crippen MR) is 96.3 cm³/mol. The number of benzene rings is 1. The fourth-order valence-electron chi connectivity index (χ4n) is 2.53. The number of amides is 1. The maximum atomic E-state index is 12.5. The van der Waals surface area contributed by atoms with E-state index in [1.807, 2.05) is 18.2 Å². The van der Waals surface area contributed by atoms with E-state index < -0.39 is 0 Å². The number of hydrogen-bond donors (Lipinski definition) is 2. The Labute approximate surface area is 150 Å². The molecule has 1 aliphatic rings. The molecule has 2 N–H and O–H groups in total. The van der Waals surface area contributed by atoms with E-state index in [0.29, 0.717) is 29.4 Å². The maximum Gasteiger partial charge on any atom is 0.274 e. The van der Waals surface area contributed by atoms with E-state index in [4.69, 9.17) is 9.47 Å². The molecule has 7 nitrogen and oxygen atoms in total. The van der Waals surface area contributed by atoms with E-state index in [-0.39, 0.29) is 12.7 Å². The van der Waals surface area contributed by atoms with Gasteiger partial charge in [-0.2, -0.15) is 0 Å². The third kappa shape index (κ3) is 3.56. The molecular weight excluding hydrogens is 332 g/mol. The molecule has 3 aromatic rings. The first-order chi connectivity index (χ1) is 12.8. The molecule has 3 heterocycles. The number of ether oxygens (including phenoxy) is 2. The normalized spacial score (nSPS) is 11.8. The lowest BCUT2D eigenvalue weighted by Gasteiger charge is -2.09. The molecule has 0 radical (unpaired) electrons. The van der Waals surface area contributed by atoms with E-state index in [9.17, 15) is 4.79 Å². The van der Waals surface area contributed by atoms with Crippen LogP contribution in [0.5, 0.6) is 11.5 Å². The summed E-state index contributed by atoms with van der Waals surface area (Å²) in [6.07, 6.45) is 3.34. The summed E-state index contributed by atoms with van der Waals surface area (Å²) in [6.45, 7) is 0.756. The summed E-state index contributed by atoms with van der Waals surface area (Å²) in [4.78, 5) is 20.9. The van der Waals surface area contributed by atoms with Crippen LogP contribution in [0.1, 0.15) is 16.2 Å². The average Bonchev–Trinajstić information content (AvgIpc) is 3.15. The Hall–Kier alpha value is -3.61. The Balaban J connectivity index is 1.43. The second-order valence-electron chi connectivity index (χ2n) is 5.63. The second kappa shape index (κ2) is 7.10. The lowest BCUT2D eigenvalue weighted by atomic mass is 10.2. The van der Waals surface area contributed by atoms with Gasteiger partial charge in [0.05, 0.1) is 12.2 Å². The Kier molecular flexibility index (Phi) is 4.34. The quantitative estimate of drug-likeness (QED) is 0.737. The topological polar surface area (TPSA) is 85.4 Å². The highest BCUT2D eigenvalue weighted by Gasteiger charge is 2.15. The highest BCUT2D eigenvalue weighted by Crippen LogP contribution is 2.34. The van der Waals surface area contributed by atoms with Crippen molar-refractivity contribution in [3.05, 3.63) is 72.3 Å². The maximum absolute atomic E-state index is 12.5. The van der Waals surface area contributed by atoms with Crippen molar-refractivity contribution in [1.82, 2.24) is 9.97 Å². The van der Waals surface area contributed by atoms with E-state index >= 15 is 0 Å². The number of rotatable bonds is 5. The van der Waals surface area contributed by atoms with Gasteiger partial charge in [-0.05, 0) is 36.4 Å². The lowest BCUT2D eigenvalue weighted by molar-refractivity contribution is 0.102. The van der Waals surface area contributed by atoms with Crippen LogP contribution in [0.25, 0.3) is 0 Å². The van der Waals surface area contributed by atoms with Gasteiger partial charge in [0.2, 0.25) is 6.79 Å². The molecule has 0 saturated carbocycles. The van der Waals surface area contributed by atoms with E-state index in [1.165, 1.54) is 0 Å². The second-order valence-corrected chi connectivity index (χ2v) is 5.63. The number of anilines is 2. The zero-order valence-corrected chi connectivity index (χ0v) is 13.8. The molecule has 1 aromatic carbocycles. The van der Waals surface area contributed by atoms with E-state index in [0.717, 1.165) is 11.4 Å². The minimum atomic E-state index is -0.301. The largest absolute Gasteiger partial charge is 0.454 e. The number of hydrogen-bond acceptors (Lipinski definition) is 6. The first-order valence-electron chi connectivity index (χ1n) is 8.09. The average molecular weight is 348 g/mol. The van der Waals surface area contributed by atoms with Crippen molar-refractivity contribution in [3.8, 4) is 11.5 Å². The Bertz CT molecular complexity index is 931. The van der Waals surface area contributed by atoms with Crippen LogP contribution in [-0.2, 0) is 6.54 Å². The molecule has 2 aromatic heterocycles. The standard InChI is InChI=1S/C19H16N4O3/c24-19(23-14-4-5-17-18(10-14)26-12-25-17)16-9-13(6-8-21-16)22-11-15-3-1-2-7-20-15/h1-10H,11-12H2,(H,21,22)(H,23,24). The first-order valence-corrected chi connectivity index (χ1v) is 8.09. The van der Waals surface area contributed by atoms with Gasteiger partial charge >= 0.3 is 0 Å². The highest BCUT2D eigenvalue weighted by atomic mass is 16.7. The van der Waals surface area contributed by atoms with Gasteiger partial charge in [-0.25, -0.2) is 0 Å².